The van der Waals surface area contributed by atoms with Gasteiger partial charge in [-0.1, -0.05) is 4.98 Å². The Kier molecular flexibility index (Phi) is 3.90. The molecule has 0 saturated carbocycles. The molecule has 112 valence electrons. The molecule has 1 N–H and O–H groups in total. The normalized spacial score (nSPS) is 10.7. The van der Waals surface area contributed by atoms with Crippen LogP contribution in [0.2, 0.25) is 0 Å². The third-order valence-electron chi connectivity index (χ3n) is 3.24. The van der Waals surface area contributed by atoms with E-state index in [1.165, 1.54) is 10.8 Å². The molecular formula is C14H14N6O2. The summed E-state index contributed by atoms with van der Waals surface area (Å²) in [5.74, 6) is -0.129. The van der Waals surface area contributed by atoms with E-state index < -0.39 is 4.92 Å². The van der Waals surface area contributed by atoms with Crippen molar-refractivity contribution >= 4 is 22.7 Å². The van der Waals surface area contributed by atoms with E-state index in [-0.39, 0.29) is 5.95 Å². The van der Waals surface area contributed by atoms with E-state index in [0.29, 0.717) is 13.1 Å². The summed E-state index contributed by atoms with van der Waals surface area (Å²) in [6.07, 6.45) is 7.23. The summed E-state index contributed by atoms with van der Waals surface area (Å²) in [5, 5.41) is 14.1. The van der Waals surface area contributed by atoms with Crippen LogP contribution in [-0.4, -0.2) is 31.0 Å². The van der Waals surface area contributed by atoms with Crippen LogP contribution in [0, 0.1) is 10.1 Å². The van der Waals surface area contributed by atoms with Crippen LogP contribution in [0.15, 0.2) is 43.0 Å². The largest absolute Gasteiger partial charge is 0.434 e. The topological polar surface area (TPSA) is 98.8 Å². The van der Waals surface area contributed by atoms with Crippen molar-refractivity contribution in [1.82, 2.24) is 19.5 Å². The zero-order chi connectivity index (χ0) is 15.4. The Morgan fingerprint density at radius 3 is 2.95 bits per heavy atom. The van der Waals surface area contributed by atoms with Crippen molar-refractivity contribution in [2.24, 2.45) is 0 Å². The number of hydrogen-bond acceptors (Lipinski definition) is 6. The van der Waals surface area contributed by atoms with Gasteiger partial charge < -0.3 is 15.4 Å². The molecule has 3 aromatic heterocycles. The lowest BCUT2D eigenvalue weighted by Gasteiger charge is -2.08. The first-order valence-electron chi connectivity index (χ1n) is 6.85. The quantitative estimate of drug-likeness (QED) is 0.425. The van der Waals surface area contributed by atoms with E-state index in [1.54, 1.807) is 18.6 Å². The molecule has 0 spiro atoms. The number of imidazole rings is 1. The van der Waals surface area contributed by atoms with Crippen LogP contribution < -0.4 is 5.32 Å². The molecule has 0 aliphatic rings. The molecule has 22 heavy (non-hydrogen) atoms. The minimum absolute atomic E-state index is 0.129. The van der Waals surface area contributed by atoms with Crippen LogP contribution in [0.4, 0.5) is 11.6 Å². The van der Waals surface area contributed by atoms with Gasteiger partial charge in [-0.05, 0) is 29.5 Å². The van der Waals surface area contributed by atoms with Gasteiger partial charge in [0.25, 0.3) is 0 Å². The molecule has 3 heterocycles. The second-order valence-electron chi connectivity index (χ2n) is 4.69. The lowest BCUT2D eigenvalue weighted by atomic mass is 10.2. The van der Waals surface area contributed by atoms with Crippen LogP contribution >= 0.6 is 0 Å². The highest BCUT2D eigenvalue weighted by Gasteiger charge is 2.13. The molecular weight excluding hydrogens is 284 g/mol. The number of anilines is 1. The smallest absolute Gasteiger partial charge is 0.390 e. The van der Waals surface area contributed by atoms with Gasteiger partial charge in [0.2, 0.25) is 0 Å². The van der Waals surface area contributed by atoms with Gasteiger partial charge in [-0.25, -0.2) is 4.57 Å². The van der Waals surface area contributed by atoms with Crippen LogP contribution in [0.3, 0.4) is 0 Å². The number of aromatic nitrogens is 4. The number of hydrogen-bond donors (Lipinski definition) is 1. The van der Waals surface area contributed by atoms with Crippen molar-refractivity contribution in [3.63, 3.8) is 0 Å². The van der Waals surface area contributed by atoms with Crippen molar-refractivity contribution in [2.75, 3.05) is 11.9 Å². The summed E-state index contributed by atoms with van der Waals surface area (Å²) in [7, 11) is 0. The number of nitrogens with one attached hydrogen (secondary N) is 1. The second-order valence-corrected chi connectivity index (χ2v) is 4.69. The fourth-order valence-electron chi connectivity index (χ4n) is 2.24. The standard InChI is InChI=1S/C14H14N6O2/c21-20(22)14-18-8-10-19(14)9-2-6-15-12-4-7-16-11-3-1-5-17-13(11)12/h1,3-5,7-8,10H,2,6,9H2,(H,15,16). The highest BCUT2D eigenvalue weighted by atomic mass is 16.6. The third kappa shape index (κ3) is 2.85. The molecule has 0 radical (unpaired) electrons. The molecule has 0 saturated heterocycles. The lowest BCUT2D eigenvalue weighted by Crippen LogP contribution is -2.09. The fraction of sp³-hybridized carbons (Fsp3) is 0.214. The monoisotopic (exact) mass is 298 g/mol. The van der Waals surface area contributed by atoms with Gasteiger partial charge in [-0.2, -0.15) is 0 Å². The summed E-state index contributed by atoms with van der Waals surface area (Å²) in [6.45, 7) is 1.20. The number of nitro groups is 1. The Hall–Kier alpha value is -3.03. The Morgan fingerprint density at radius 2 is 2.09 bits per heavy atom. The number of nitrogens with zero attached hydrogens (tertiary/aromatic N) is 5. The molecule has 0 aliphatic carbocycles. The van der Waals surface area contributed by atoms with Gasteiger partial charge in [0.1, 0.15) is 17.9 Å². The van der Waals surface area contributed by atoms with E-state index in [4.69, 9.17) is 0 Å². The van der Waals surface area contributed by atoms with E-state index >= 15 is 0 Å². The average Bonchev–Trinajstić information content (AvgIpc) is 3.00. The Bertz CT molecular complexity index is 795. The summed E-state index contributed by atoms with van der Waals surface area (Å²) >= 11 is 0. The van der Waals surface area contributed by atoms with E-state index in [9.17, 15) is 10.1 Å². The van der Waals surface area contributed by atoms with Crippen molar-refractivity contribution in [3.8, 4) is 0 Å². The fourth-order valence-corrected chi connectivity index (χ4v) is 2.24. The van der Waals surface area contributed by atoms with Gasteiger partial charge in [0.15, 0.2) is 0 Å². The molecule has 0 aliphatic heterocycles. The first-order chi connectivity index (χ1) is 10.8. The molecule has 0 fully saturated rings. The van der Waals surface area contributed by atoms with Crippen molar-refractivity contribution in [3.05, 3.63) is 53.1 Å². The molecule has 0 aromatic carbocycles. The highest BCUT2D eigenvalue weighted by Crippen LogP contribution is 2.18. The zero-order valence-electron chi connectivity index (χ0n) is 11.7. The minimum Gasteiger partial charge on any atom is -0.390 e. The number of pyridine rings is 2. The Labute approximate surface area is 126 Å². The van der Waals surface area contributed by atoms with Crippen LogP contribution in [-0.2, 0) is 6.54 Å². The first-order valence-corrected chi connectivity index (χ1v) is 6.85. The SMILES string of the molecule is O=[N+]([O-])c1nccn1CCCNc1ccnc2cccnc12. The number of fused-ring (bicyclic) bond motifs is 1. The molecule has 0 bridgehead atoms. The highest BCUT2D eigenvalue weighted by molar-refractivity contribution is 5.86. The average molecular weight is 298 g/mol. The predicted molar refractivity (Wildman–Crippen MR) is 81.5 cm³/mol. The number of aryl methyl sites for hydroxylation is 1. The molecule has 3 aromatic rings. The Balaban J connectivity index is 1.61. The predicted octanol–water partition coefficient (Wildman–Crippen LogP) is 2.24. The minimum atomic E-state index is -0.478. The van der Waals surface area contributed by atoms with Gasteiger partial charge in [0, 0.05) is 18.9 Å². The molecule has 0 amide bonds. The second kappa shape index (κ2) is 6.17. The van der Waals surface area contributed by atoms with E-state index in [0.717, 1.165) is 23.1 Å². The molecule has 8 nitrogen and oxygen atoms in total. The van der Waals surface area contributed by atoms with Crippen LogP contribution in [0.5, 0.6) is 0 Å². The zero-order valence-corrected chi connectivity index (χ0v) is 11.7. The summed E-state index contributed by atoms with van der Waals surface area (Å²) in [5.41, 5.74) is 2.56. The maximum Gasteiger partial charge on any atom is 0.434 e. The maximum atomic E-state index is 10.8. The van der Waals surface area contributed by atoms with Crippen LogP contribution in [0.1, 0.15) is 6.42 Å². The molecule has 8 heteroatoms. The van der Waals surface area contributed by atoms with Gasteiger partial charge in [-0.15, -0.1) is 0 Å². The van der Waals surface area contributed by atoms with Gasteiger partial charge in [0.05, 0.1) is 17.7 Å². The van der Waals surface area contributed by atoms with Gasteiger partial charge in [-0.3, -0.25) is 9.97 Å². The Morgan fingerprint density at radius 1 is 1.18 bits per heavy atom. The summed E-state index contributed by atoms with van der Waals surface area (Å²) < 4.78 is 1.53. The van der Waals surface area contributed by atoms with Crippen molar-refractivity contribution in [1.29, 1.82) is 0 Å². The lowest BCUT2D eigenvalue weighted by molar-refractivity contribution is -0.396. The van der Waals surface area contributed by atoms with Gasteiger partial charge >= 0.3 is 5.95 Å². The first kappa shape index (κ1) is 13.9. The van der Waals surface area contributed by atoms with Crippen LogP contribution in [0.25, 0.3) is 11.0 Å². The molecule has 0 atom stereocenters. The van der Waals surface area contributed by atoms with Crippen molar-refractivity contribution in [2.45, 2.75) is 13.0 Å². The maximum absolute atomic E-state index is 10.8. The molecule has 0 unspecified atom stereocenters. The van der Waals surface area contributed by atoms with E-state index in [2.05, 4.69) is 20.3 Å². The summed E-state index contributed by atoms with van der Waals surface area (Å²) in [6, 6.07) is 5.62. The van der Waals surface area contributed by atoms with Crippen molar-refractivity contribution < 1.29 is 4.92 Å². The van der Waals surface area contributed by atoms with E-state index in [1.807, 2.05) is 18.2 Å². The third-order valence-corrected chi connectivity index (χ3v) is 3.24. The number of rotatable bonds is 6. The molecule has 3 rings (SSSR count). The summed E-state index contributed by atoms with van der Waals surface area (Å²) in [4.78, 5) is 22.6.